The Kier molecular flexibility index (Phi) is 2.15. The maximum absolute atomic E-state index is 11.3. The average Bonchev–Trinajstić information content (AvgIpc) is 2.18. The van der Waals surface area contributed by atoms with Crippen molar-refractivity contribution < 1.29 is 9.90 Å². The van der Waals surface area contributed by atoms with Gasteiger partial charge in [0.05, 0.1) is 0 Å². The molecule has 1 aromatic carbocycles. The van der Waals surface area contributed by atoms with E-state index in [2.05, 4.69) is 4.98 Å². The van der Waals surface area contributed by atoms with Gasteiger partial charge >= 0.3 is 0 Å². The van der Waals surface area contributed by atoms with Gasteiger partial charge in [0.2, 0.25) is 0 Å². The lowest BCUT2D eigenvalue weighted by atomic mass is 10.0. The van der Waals surface area contributed by atoms with Gasteiger partial charge in [-0.25, -0.2) is 0 Å². The summed E-state index contributed by atoms with van der Waals surface area (Å²) in [5.74, 6) is 0.175. The number of Topliss-reactive ketones (excluding diaryl/α,β-unsaturated/α-hetero) is 1. The zero-order valence-corrected chi connectivity index (χ0v) is 8.61. The topological polar surface area (TPSA) is 50.2 Å². The van der Waals surface area contributed by atoms with Gasteiger partial charge in [0.25, 0.3) is 0 Å². The van der Waals surface area contributed by atoms with Crippen LogP contribution in [-0.4, -0.2) is 15.9 Å². The normalized spacial score (nSPS) is 10.5. The van der Waals surface area contributed by atoms with Crippen molar-refractivity contribution in [1.29, 1.82) is 0 Å². The van der Waals surface area contributed by atoms with Gasteiger partial charge < -0.3 is 5.11 Å². The predicted molar refractivity (Wildman–Crippen MR) is 58.1 cm³/mol. The molecule has 0 aliphatic rings. The van der Waals surface area contributed by atoms with Crippen molar-refractivity contribution in [2.45, 2.75) is 13.8 Å². The molecule has 0 amide bonds. The minimum absolute atomic E-state index is 0.0642. The molecule has 1 N–H and O–H groups in total. The van der Waals surface area contributed by atoms with Crippen LogP contribution in [0.1, 0.15) is 23.0 Å². The second kappa shape index (κ2) is 3.35. The Balaban J connectivity index is 2.86. The van der Waals surface area contributed by atoms with Gasteiger partial charge in [0.1, 0.15) is 11.4 Å². The van der Waals surface area contributed by atoms with E-state index in [-0.39, 0.29) is 11.5 Å². The van der Waals surface area contributed by atoms with E-state index in [1.807, 2.05) is 0 Å². The SMILES string of the molecule is CC(=O)c1nccc2cc(O)c(C)cc12. The van der Waals surface area contributed by atoms with Crippen LogP contribution in [0.5, 0.6) is 5.75 Å². The van der Waals surface area contributed by atoms with Crippen molar-refractivity contribution in [1.82, 2.24) is 4.98 Å². The molecule has 2 rings (SSSR count). The molecule has 0 saturated carbocycles. The Morgan fingerprint density at radius 1 is 1.40 bits per heavy atom. The number of pyridine rings is 1. The Bertz CT molecular complexity index is 547. The van der Waals surface area contributed by atoms with Gasteiger partial charge in [-0.3, -0.25) is 9.78 Å². The van der Waals surface area contributed by atoms with Gasteiger partial charge in [-0.2, -0.15) is 0 Å². The number of carbonyl (C=O) groups is 1. The van der Waals surface area contributed by atoms with E-state index in [4.69, 9.17) is 0 Å². The molecule has 1 heterocycles. The fourth-order valence-corrected chi connectivity index (χ4v) is 1.60. The van der Waals surface area contributed by atoms with Crippen LogP contribution in [0, 0.1) is 6.92 Å². The Hall–Kier alpha value is -1.90. The van der Waals surface area contributed by atoms with Gasteiger partial charge in [-0.15, -0.1) is 0 Å². The van der Waals surface area contributed by atoms with E-state index < -0.39 is 0 Å². The van der Waals surface area contributed by atoms with Gasteiger partial charge in [0, 0.05) is 18.5 Å². The zero-order valence-electron chi connectivity index (χ0n) is 8.61. The lowest BCUT2D eigenvalue weighted by molar-refractivity contribution is 0.101. The first-order valence-corrected chi connectivity index (χ1v) is 4.69. The number of carbonyl (C=O) groups excluding carboxylic acids is 1. The second-order valence-electron chi connectivity index (χ2n) is 3.58. The molecule has 0 saturated heterocycles. The molecular weight excluding hydrogens is 190 g/mol. The highest BCUT2D eigenvalue weighted by molar-refractivity contribution is 6.05. The van der Waals surface area contributed by atoms with Crippen LogP contribution in [0.4, 0.5) is 0 Å². The van der Waals surface area contributed by atoms with Crippen molar-refractivity contribution in [3.8, 4) is 5.75 Å². The lowest BCUT2D eigenvalue weighted by Crippen LogP contribution is -1.97. The fraction of sp³-hybridized carbons (Fsp3) is 0.167. The quantitative estimate of drug-likeness (QED) is 0.721. The highest BCUT2D eigenvalue weighted by Gasteiger charge is 2.08. The van der Waals surface area contributed by atoms with E-state index in [9.17, 15) is 9.90 Å². The maximum atomic E-state index is 11.3. The third kappa shape index (κ3) is 1.56. The van der Waals surface area contributed by atoms with E-state index in [0.717, 1.165) is 16.3 Å². The average molecular weight is 201 g/mol. The molecule has 0 radical (unpaired) electrons. The predicted octanol–water partition coefficient (Wildman–Crippen LogP) is 2.45. The van der Waals surface area contributed by atoms with Crippen molar-refractivity contribution in [2.75, 3.05) is 0 Å². The number of aryl methyl sites for hydroxylation is 1. The molecule has 0 aliphatic carbocycles. The van der Waals surface area contributed by atoms with Crippen molar-refractivity contribution >= 4 is 16.6 Å². The smallest absolute Gasteiger partial charge is 0.178 e. The van der Waals surface area contributed by atoms with E-state index in [1.54, 1.807) is 31.3 Å². The number of ketones is 1. The Labute approximate surface area is 87.4 Å². The number of fused-ring (bicyclic) bond motifs is 1. The van der Waals surface area contributed by atoms with Crippen LogP contribution in [-0.2, 0) is 0 Å². The fourth-order valence-electron chi connectivity index (χ4n) is 1.60. The summed E-state index contributed by atoms with van der Waals surface area (Å²) in [5.41, 5.74) is 1.20. The Morgan fingerprint density at radius 2 is 2.13 bits per heavy atom. The van der Waals surface area contributed by atoms with Gasteiger partial charge in [-0.1, -0.05) is 0 Å². The number of hydrogen-bond donors (Lipinski definition) is 1. The summed E-state index contributed by atoms with van der Waals surface area (Å²) in [7, 11) is 0. The van der Waals surface area contributed by atoms with Crippen molar-refractivity contribution in [3.05, 3.63) is 35.7 Å². The van der Waals surface area contributed by atoms with Gasteiger partial charge in [-0.05, 0) is 36.1 Å². The molecule has 0 spiro atoms. The maximum Gasteiger partial charge on any atom is 0.178 e. The second-order valence-corrected chi connectivity index (χ2v) is 3.58. The number of phenolic OH excluding ortho intramolecular Hbond substituents is 1. The summed E-state index contributed by atoms with van der Waals surface area (Å²) in [5, 5.41) is 11.2. The summed E-state index contributed by atoms with van der Waals surface area (Å²) < 4.78 is 0. The standard InChI is InChI=1S/C12H11NO2/c1-7-5-10-9(6-11(7)15)3-4-13-12(10)8(2)14/h3-6,15H,1-2H3. The van der Waals surface area contributed by atoms with Crippen LogP contribution < -0.4 is 0 Å². The monoisotopic (exact) mass is 201 g/mol. The molecule has 3 nitrogen and oxygen atoms in total. The number of nitrogens with zero attached hydrogens (tertiary/aromatic N) is 1. The minimum atomic E-state index is -0.0642. The number of benzene rings is 1. The molecule has 0 atom stereocenters. The number of phenols is 1. The summed E-state index contributed by atoms with van der Waals surface area (Å²) in [4.78, 5) is 15.4. The molecule has 0 fully saturated rings. The first kappa shape index (κ1) is 9.65. The summed E-state index contributed by atoms with van der Waals surface area (Å²) in [6.45, 7) is 3.29. The minimum Gasteiger partial charge on any atom is -0.508 e. The Morgan fingerprint density at radius 3 is 2.80 bits per heavy atom. The lowest BCUT2D eigenvalue weighted by Gasteiger charge is -2.05. The molecule has 3 heteroatoms. The molecule has 0 bridgehead atoms. The third-order valence-electron chi connectivity index (χ3n) is 2.41. The summed E-state index contributed by atoms with van der Waals surface area (Å²) >= 11 is 0. The van der Waals surface area contributed by atoms with Crippen LogP contribution in [0.2, 0.25) is 0 Å². The van der Waals surface area contributed by atoms with Crippen molar-refractivity contribution in [2.24, 2.45) is 0 Å². The molecule has 2 aromatic rings. The van der Waals surface area contributed by atoms with E-state index in [1.165, 1.54) is 6.92 Å². The van der Waals surface area contributed by atoms with E-state index in [0.29, 0.717) is 5.69 Å². The van der Waals surface area contributed by atoms with Crippen LogP contribution in [0.15, 0.2) is 24.4 Å². The first-order chi connectivity index (χ1) is 7.09. The largest absolute Gasteiger partial charge is 0.508 e. The number of aromatic hydroxyl groups is 1. The van der Waals surface area contributed by atoms with Crippen LogP contribution >= 0.6 is 0 Å². The highest BCUT2D eigenvalue weighted by atomic mass is 16.3. The van der Waals surface area contributed by atoms with E-state index >= 15 is 0 Å². The molecule has 1 aromatic heterocycles. The number of aromatic nitrogens is 1. The number of rotatable bonds is 1. The highest BCUT2D eigenvalue weighted by Crippen LogP contribution is 2.25. The van der Waals surface area contributed by atoms with Crippen LogP contribution in [0.25, 0.3) is 10.8 Å². The van der Waals surface area contributed by atoms with Crippen molar-refractivity contribution in [3.63, 3.8) is 0 Å². The molecule has 15 heavy (non-hydrogen) atoms. The molecule has 0 aliphatic heterocycles. The third-order valence-corrected chi connectivity index (χ3v) is 2.41. The molecule has 0 unspecified atom stereocenters. The number of hydrogen-bond acceptors (Lipinski definition) is 3. The van der Waals surface area contributed by atoms with Gasteiger partial charge in [0.15, 0.2) is 5.78 Å². The zero-order chi connectivity index (χ0) is 11.0. The summed E-state index contributed by atoms with van der Waals surface area (Å²) in [6, 6.07) is 5.22. The molecular formula is C12H11NO2. The van der Waals surface area contributed by atoms with Crippen LogP contribution in [0.3, 0.4) is 0 Å². The first-order valence-electron chi connectivity index (χ1n) is 4.69. The molecule has 76 valence electrons. The summed E-state index contributed by atoms with van der Waals surface area (Å²) in [6.07, 6.45) is 1.58.